The minimum absolute atomic E-state index is 0.433. The second-order valence-corrected chi connectivity index (χ2v) is 8.39. The lowest BCUT2D eigenvalue weighted by Crippen LogP contribution is -2.44. The number of hydrogen-bond donors (Lipinski definition) is 1. The number of hydrogen-bond acceptors (Lipinski definition) is 5. The summed E-state index contributed by atoms with van der Waals surface area (Å²) in [7, 11) is -1.46. The predicted molar refractivity (Wildman–Crippen MR) is 93.4 cm³/mol. The van der Waals surface area contributed by atoms with Crippen LogP contribution < -0.4 is 5.32 Å². The fourth-order valence-corrected chi connectivity index (χ4v) is 5.11. The zero-order chi connectivity index (χ0) is 17.0. The van der Waals surface area contributed by atoms with Gasteiger partial charge in [0.2, 0.25) is 10.0 Å². The first-order chi connectivity index (χ1) is 11.6. The third-order valence-corrected chi connectivity index (χ3v) is 6.87. The van der Waals surface area contributed by atoms with Crippen LogP contribution in [0.2, 0.25) is 0 Å². The molecule has 0 aromatic heterocycles. The molecule has 0 radical (unpaired) electrons. The number of piperidine rings is 1. The van der Waals surface area contributed by atoms with E-state index >= 15 is 0 Å². The van der Waals surface area contributed by atoms with E-state index in [-0.39, 0.29) is 0 Å². The van der Waals surface area contributed by atoms with Gasteiger partial charge in [-0.05, 0) is 38.1 Å². The second-order valence-electron chi connectivity index (χ2n) is 6.49. The molecule has 1 aromatic carbocycles. The van der Waals surface area contributed by atoms with Crippen molar-refractivity contribution in [1.29, 1.82) is 0 Å². The summed E-state index contributed by atoms with van der Waals surface area (Å²) in [6, 6.07) is 7.90. The lowest BCUT2D eigenvalue weighted by atomic mass is 10.1. The molecule has 1 atom stereocenters. The largest absolute Gasteiger partial charge is 0.379 e. The van der Waals surface area contributed by atoms with Crippen molar-refractivity contribution in [2.24, 2.45) is 0 Å². The van der Waals surface area contributed by atoms with Crippen molar-refractivity contribution in [3.8, 4) is 0 Å². The molecule has 1 unspecified atom stereocenters. The van der Waals surface area contributed by atoms with Gasteiger partial charge in [-0.15, -0.1) is 0 Å². The summed E-state index contributed by atoms with van der Waals surface area (Å²) in [5.41, 5.74) is 0.890. The first-order valence-electron chi connectivity index (χ1n) is 8.66. The first-order valence-corrected chi connectivity index (χ1v) is 10.1. The Balaban J connectivity index is 1.80. The highest BCUT2D eigenvalue weighted by atomic mass is 32.2. The van der Waals surface area contributed by atoms with E-state index in [1.54, 1.807) is 10.4 Å². The maximum absolute atomic E-state index is 13.0. The van der Waals surface area contributed by atoms with Gasteiger partial charge in [0.1, 0.15) is 0 Å². The van der Waals surface area contributed by atoms with Crippen molar-refractivity contribution in [3.05, 3.63) is 29.8 Å². The molecular formula is C17H27N3O3S. The van der Waals surface area contributed by atoms with E-state index in [0.29, 0.717) is 43.8 Å². The van der Waals surface area contributed by atoms with E-state index in [9.17, 15) is 8.42 Å². The minimum Gasteiger partial charge on any atom is -0.379 e. The molecule has 2 aliphatic rings. The summed E-state index contributed by atoms with van der Waals surface area (Å²) in [5, 5.41) is 3.33. The number of rotatable bonds is 5. The van der Waals surface area contributed by atoms with Crippen molar-refractivity contribution in [1.82, 2.24) is 14.5 Å². The van der Waals surface area contributed by atoms with Gasteiger partial charge in [0.15, 0.2) is 0 Å². The Morgan fingerprint density at radius 1 is 1.21 bits per heavy atom. The number of morpholine rings is 1. The summed E-state index contributed by atoms with van der Waals surface area (Å²) in [4.78, 5) is 2.79. The molecule has 3 rings (SSSR count). The standard InChI is InChI=1S/C17H27N3O3S/c1-18-16-6-4-8-19(14-16)13-15-5-2-3-7-17(15)24(21,22)20-9-11-23-12-10-20/h2-3,5,7,16,18H,4,6,8-14H2,1H3. The fraction of sp³-hybridized carbons (Fsp3) is 0.647. The van der Waals surface area contributed by atoms with Crippen LogP contribution in [0.3, 0.4) is 0 Å². The van der Waals surface area contributed by atoms with E-state index in [1.807, 2.05) is 25.2 Å². The first kappa shape index (κ1) is 17.8. The number of benzene rings is 1. The maximum Gasteiger partial charge on any atom is 0.243 e. The normalized spacial score (nSPS) is 24.1. The maximum atomic E-state index is 13.0. The van der Waals surface area contributed by atoms with Gasteiger partial charge in [-0.2, -0.15) is 4.31 Å². The van der Waals surface area contributed by atoms with Crippen LogP contribution >= 0.6 is 0 Å². The Hall–Kier alpha value is -0.990. The Labute approximate surface area is 144 Å². The molecule has 24 heavy (non-hydrogen) atoms. The Morgan fingerprint density at radius 3 is 2.71 bits per heavy atom. The van der Waals surface area contributed by atoms with E-state index in [2.05, 4.69) is 10.2 Å². The van der Waals surface area contributed by atoms with Crippen LogP contribution in [0.25, 0.3) is 0 Å². The van der Waals surface area contributed by atoms with E-state index in [0.717, 1.165) is 25.1 Å². The number of likely N-dealkylation sites (tertiary alicyclic amines) is 1. The van der Waals surface area contributed by atoms with Crippen LogP contribution in [0.15, 0.2) is 29.2 Å². The van der Waals surface area contributed by atoms with Gasteiger partial charge in [0.05, 0.1) is 18.1 Å². The average Bonchev–Trinajstić information content (AvgIpc) is 2.63. The topological polar surface area (TPSA) is 61.9 Å². The molecule has 6 nitrogen and oxygen atoms in total. The summed E-state index contributed by atoms with van der Waals surface area (Å²) in [6.45, 7) is 4.46. The van der Waals surface area contributed by atoms with E-state index in [1.165, 1.54) is 6.42 Å². The lowest BCUT2D eigenvalue weighted by Gasteiger charge is -2.33. The summed E-state index contributed by atoms with van der Waals surface area (Å²) >= 11 is 0. The number of likely N-dealkylation sites (N-methyl/N-ethyl adjacent to an activating group) is 1. The Bertz CT molecular complexity index is 644. The number of sulfonamides is 1. The number of nitrogens with one attached hydrogen (secondary N) is 1. The van der Waals surface area contributed by atoms with Crippen LogP contribution in [-0.2, 0) is 21.3 Å². The van der Waals surface area contributed by atoms with Gasteiger partial charge in [-0.3, -0.25) is 4.90 Å². The van der Waals surface area contributed by atoms with Gasteiger partial charge in [-0.1, -0.05) is 18.2 Å². The van der Waals surface area contributed by atoms with Crippen LogP contribution in [0.4, 0.5) is 0 Å². The van der Waals surface area contributed by atoms with Gasteiger partial charge in [-0.25, -0.2) is 8.42 Å². The molecule has 2 aliphatic heterocycles. The monoisotopic (exact) mass is 353 g/mol. The molecule has 0 amide bonds. The molecular weight excluding hydrogens is 326 g/mol. The van der Waals surface area contributed by atoms with Crippen LogP contribution in [0.5, 0.6) is 0 Å². The number of nitrogens with zero attached hydrogens (tertiary/aromatic N) is 2. The molecule has 0 aliphatic carbocycles. The summed E-state index contributed by atoms with van der Waals surface area (Å²) in [5.74, 6) is 0. The van der Waals surface area contributed by atoms with Gasteiger partial charge in [0.25, 0.3) is 0 Å². The molecule has 2 fully saturated rings. The fourth-order valence-electron chi connectivity index (χ4n) is 3.49. The molecule has 2 saturated heterocycles. The molecule has 0 saturated carbocycles. The zero-order valence-corrected chi connectivity index (χ0v) is 15.1. The molecule has 134 valence electrons. The van der Waals surface area contributed by atoms with Crippen molar-refractivity contribution in [2.45, 2.75) is 30.3 Å². The van der Waals surface area contributed by atoms with Gasteiger partial charge in [0, 0.05) is 32.2 Å². The zero-order valence-electron chi connectivity index (χ0n) is 14.3. The quantitative estimate of drug-likeness (QED) is 0.852. The predicted octanol–water partition coefficient (Wildman–Crippen LogP) is 0.891. The van der Waals surface area contributed by atoms with Crippen LogP contribution in [0, 0.1) is 0 Å². The van der Waals surface area contributed by atoms with Crippen LogP contribution in [0.1, 0.15) is 18.4 Å². The Kier molecular flexibility index (Phi) is 5.89. The molecule has 7 heteroatoms. The average molecular weight is 353 g/mol. The number of ether oxygens (including phenoxy) is 1. The van der Waals surface area contributed by atoms with Crippen molar-refractivity contribution < 1.29 is 13.2 Å². The minimum atomic E-state index is -3.45. The van der Waals surface area contributed by atoms with Crippen molar-refractivity contribution in [2.75, 3.05) is 46.4 Å². The van der Waals surface area contributed by atoms with E-state index in [4.69, 9.17) is 4.74 Å². The molecule has 0 bridgehead atoms. The Morgan fingerprint density at radius 2 is 1.96 bits per heavy atom. The van der Waals surface area contributed by atoms with Crippen molar-refractivity contribution >= 4 is 10.0 Å². The summed E-state index contributed by atoms with van der Waals surface area (Å²) < 4.78 is 32.8. The van der Waals surface area contributed by atoms with Crippen molar-refractivity contribution in [3.63, 3.8) is 0 Å². The summed E-state index contributed by atoms with van der Waals surface area (Å²) in [6.07, 6.45) is 2.32. The molecule has 1 aromatic rings. The third kappa shape index (κ3) is 3.97. The highest BCUT2D eigenvalue weighted by Gasteiger charge is 2.29. The highest BCUT2D eigenvalue weighted by Crippen LogP contribution is 2.23. The molecule has 2 heterocycles. The smallest absolute Gasteiger partial charge is 0.243 e. The van der Waals surface area contributed by atoms with E-state index < -0.39 is 10.0 Å². The van der Waals surface area contributed by atoms with Crippen LogP contribution in [-0.4, -0.2) is 70.1 Å². The molecule has 0 spiro atoms. The SMILES string of the molecule is CNC1CCCN(Cc2ccccc2S(=O)(=O)N2CCOCC2)C1. The lowest BCUT2D eigenvalue weighted by molar-refractivity contribution is 0.0730. The second kappa shape index (κ2) is 7.93. The third-order valence-electron chi connectivity index (χ3n) is 4.87. The molecule has 1 N–H and O–H groups in total. The van der Waals surface area contributed by atoms with Gasteiger partial charge >= 0.3 is 0 Å². The highest BCUT2D eigenvalue weighted by molar-refractivity contribution is 7.89. The van der Waals surface area contributed by atoms with Gasteiger partial charge < -0.3 is 10.1 Å².